The van der Waals surface area contributed by atoms with Crippen LogP contribution in [-0.2, 0) is 17.6 Å². The summed E-state index contributed by atoms with van der Waals surface area (Å²) in [5, 5.41) is 2.02. The lowest BCUT2D eigenvalue weighted by molar-refractivity contribution is -0.120. The van der Waals surface area contributed by atoms with Gasteiger partial charge in [0.25, 0.3) is 0 Å². The van der Waals surface area contributed by atoms with E-state index < -0.39 is 0 Å². The van der Waals surface area contributed by atoms with Crippen LogP contribution in [0, 0.1) is 0 Å². The standard InChI is InChI=1S/C14H11BrOS/c15-12-5-6-17-14(12)8-13(16)11-7-9-3-1-2-4-10(9)11/h1-6,11H,7-8H2. The van der Waals surface area contributed by atoms with Crippen LogP contribution in [0.3, 0.4) is 0 Å². The maximum atomic E-state index is 12.2. The van der Waals surface area contributed by atoms with Gasteiger partial charge < -0.3 is 0 Å². The number of thiophene rings is 1. The number of benzene rings is 1. The highest BCUT2D eigenvalue weighted by Gasteiger charge is 2.31. The van der Waals surface area contributed by atoms with Crippen LogP contribution in [0.2, 0.25) is 0 Å². The van der Waals surface area contributed by atoms with Crippen LogP contribution in [0.5, 0.6) is 0 Å². The van der Waals surface area contributed by atoms with Crippen molar-refractivity contribution < 1.29 is 4.79 Å². The number of hydrogen-bond donors (Lipinski definition) is 0. The Morgan fingerprint density at radius 3 is 2.88 bits per heavy atom. The predicted molar refractivity (Wildman–Crippen MR) is 73.6 cm³/mol. The summed E-state index contributed by atoms with van der Waals surface area (Å²) >= 11 is 5.12. The van der Waals surface area contributed by atoms with Gasteiger partial charge in [-0.15, -0.1) is 11.3 Å². The number of fused-ring (bicyclic) bond motifs is 1. The minimum Gasteiger partial charge on any atom is -0.299 e. The van der Waals surface area contributed by atoms with E-state index in [0.717, 1.165) is 15.8 Å². The molecule has 0 N–H and O–H groups in total. The lowest BCUT2D eigenvalue weighted by atomic mass is 9.74. The van der Waals surface area contributed by atoms with Gasteiger partial charge in [-0.05, 0) is 44.9 Å². The fourth-order valence-corrected chi connectivity index (χ4v) is 3.78. The third kappa shape index (κ3) is 1.98. The van der Waals surface area contributed by atoms with Crippen molar-refractivity contribution in [2.24, 2.45) is 0 Å². The molecule has 0 aliphatic heterocycles. The molecule has 1 aromatic carbocycles. The summed E-state index contributed by atoms with van der Waals surface area (Å²) < 4.78 is 1.06. The van der Waals surface area contributed by atoms with Crippen molar-refractivity contribution in [1.82, 2.24) is 0 Å². The first-order valence-electron chi connectivity index (χ1n) is 5.58. The highest BCUT2D eigenvalue weighted by molar-refractivity contribution is 9.10. The first-order chi connectivity index (χ1) is 8.25. The Morgan fingerprint density at radius 2 is 2.18 bits per heavy atom. The molecule has 2 aromatic rings. The van der Waals surface area contributed by atoms with E-state index in [1.54, 1.807) is 11.3 Å². The number of carbonyl (C=O) groups excluding carboxylic acids is 1. The molecule has 1 unspecified atom stereocenters. The average Bonchev–Trinajstić information content (AvgIpc) is 2.66. The molecule has 0 spiro atoms. The van der Waals surface area contributed by atoms with Gasteiger partial charge in [0.2, 0.25) is 0 Å². The van der Waals surface area contributed by atoms with Crippen molar-refractivity contribution in [3.05, 3.63) is 56.2 Å². The number of rotatable bonds is 3. The van der Waals surface area contributed by atoms with Gasteiger partial charge in [-0.25, -0.2) is 0 Å². The van der Waals surface area contributed by atoms with Crippen LogP contribution in [0.15, 0.2) is 40.2 Å². The molecule has 1 heterocycles. The second-order valence-electron chi connectivity index (χ2n) is 4.29. The van der Waals surface area contributed by atoms with E-state index in [-0.39, 0.29) is 5.92 Å². The second kappa shape index (κ2) is 4.39. The molecule has 1 nitrogen and oxygen atoms in total. The van der Waals surface area contributed by atoms with E-state index in [2.05, 4.69) is 28.1 Å². The summed E-state index contributed by atoms with van der Waals surface area (Å²) in [6.45, 7) is 0. The SMILES string of the molecule is O=C(Cc1sccc1Br)C1Cc2ccccc21. The molecule has 0 radical (unpaired) electrons. The molecule has 3 heteroatoms. The van der Waals surface area contributed by atoms with Gasteiger partial charge >= 0.3 is 0 Å². The van der Waals surface area contributed by atoms with Crippen molar-refractivity contribution in [2.75, 3.05) is 0 Å². The zero-order valence-corrected chi connectivity index (χ0v) is 11.6. The van der Waals surface area contributed by atoms with Gasteiger partial charge in [-0.2, -0.15) is 0 Å². The average molecular weight is 307 g/mol. The summed E-state index contributed by atoms with van der Waals surface area (Å²) in [5.41, 5.74) is 2.56. The summed E-state index contributed by atoms with van der Waals surface area (Å²) in [6, 6.07) is 10.2. The second-order valence-corrected chi connectivity index (χ2v) is 6.15. The lowest BCUT2D eigenvalue weighted by Gasteiger charge is -2.28. The first kappa shape index (κ1) is 11.2. The quantitative estimate of drug-likeness (QED) is 0.839. The molecule has 1 aliphatic carbocycles. The molecule has 0 fully saturated rings. The number of hydrogen-bond acceptors (Lipinski definition) is 2. The molecule has 0 saturated carbocycles. The highest BCUT2D eigenvalue weighted by atomic mass is 79.9. The summed E-state index contributed by atoms with van der Waals surface area (Å²) in [4.78, 5) is 13.3. The minimum absolute atomic E-state index is 0.125. The van der Waals surface area contributed by atoms with Crippen LogP contribution in [0.1, 0.15) is 21.9 Å². The van der Waals surface area contributed by atoms with Crippen molar-refractivity contribution in [1.29, 1.82) is 0 Å². The molecular formula is C14H11BrOS. The Hall–Kier alpha value is -0.930. The molecule has 0 amide bonds. The van der Waals surface area contributed by atoms with Gasteiger partial charge in [-0.3, -0.25) is 4.79 Å². The van der Waals surface area contributed by atoms with Crippen molar-refractivity contribution in [3.8, 4) is 0 Å². The predicted octanol–water partition coefficient (Wildman–Crippen LogP) is 3.96. The van der Waals surface area contributed by atoms with Crippen LogP contribution < -0.4 is 0 Å². The summed E-state index contributed by atoms with van der Waals surface area (Å²) in [6.07, 6.45) is 1.47. The van der Waals surface area contributed by atoms with Crippen molar-refractivity contribution >= 4 is 33.0 Å². The lowest BCUT2D eigenvalue weighted by Crippen LogP contribution is -2.26. The monoisotopic (exact) mass is 306 g/mol. The van der Waals surface area contributed by atoms with Gasteiger partial charge in [0.15, 0.2) is 0 Å². The Morgan fingerprint density at radius 1 is 1.35 bits per heavy atom. The molecule has 17 heavy (non-hydrogen) atoms. The maximum absolute atomic E-state index is 12.2. The molecule has 0 bridgehead atoms. The number of Topliss-reactive ketones (excluding diaryl/α,β-unsaturated/α-hetero) is 1. The van der Waals surface area contributed by atoms with Crippen LogP contribution in [-0.4, -0.2) is 5.78 Å². The molecule has 1 aliphatic rings. The number of ketones is 1. The topological polar surface area (TPSA) is 17.1 Å². The van der Waals surface area contributed by atoms with Gasteiger partial charge in [0, 0.05) is 21.7 Å². The number of halogens is 1. The third-order valence-corrected chi connectivity index (χ3v) is 5.20. The van der Waals surface area contributed by atoms with Gasteiger partial charge in [-0.1, -0.05) is 24.3 Å². The maximum Gasteiger partial charge on any atom is 0.145 e. The number of carbonyl (C=O) groups is 1. The fraction of sp³-hybridized carbons (Fsp3) is 0.214. The summed E-state index contributed by atoms with van der Waals surface area (Å²) in [7, 11) is 0. The van der Waals surface area contributed by atoms with Crippen LogP contribution in [0.4, 0.5) is 0 Å². The molecular weight excluding hydrogens is 296 g/mol. The Balaban J connectivity index is 1.76. The van der Waals surface area contributed by atoms with E-state index in [1.165, 1.54) is 11.1 Å². The molecule has 86 valence electrons. The van der Waals surface area contributed by atoms with Crippen molar-refractivity contribution in [2.45, 2.75) is 18.8 Å². The van der Waals surface area contributed by atoms with E-state index in [9.17, 15) is 4.79 Å². The third-order valence-electron chi connectivity index (χ3n) is 3.27. The van der Waals surface area contributed by atoms with E-state index >= 15 is 0 Å². The molecule has 3 rings (SSSR count). The zero-order valence-electron chi connectivity index (χ0n) is 9.15. The first-order valence-corrected chi connectivity index (χ1v) is 7.25. The highest BCUT2D eigenvalue weighted by Crippen LogP contribution is 2.37. The van der Waals surface area contributed by atoms with E-state index in [4.69, 9.17) is 0 Å². The normalized spacial score (nSPS) is 17.4. The Kier molecular flexibility index (Phi) is 2.89. The fourth-order valence-electron chi connectivity index (χ4n) is 2.28. The van der Waals surface area contributed by atoms with Gasteiger partial charge in [0.1, 0.15) is 5.78 Å². The van der Waals surface area contributed by atoms with Crippen molar-refractivity contribution in [3.63, 3.8) is 0 Å². The summed E-state index contributed by atoms with van der Waals surface area (Å²) in [5.74, 6) is 0.465. The van der Waals surface area contributed by atoms with Gasteiger partial charge in [0.05, 0.1) is 0 Å². The minimum atomic E-state index is 0.125. The Bertz CT molecular complexity index is 573. The Labute approximate surface area is 113 Å². The molecule has 1 atom stereocenters. The molecule has 0 saturated heterocycles. The largest absolute Gasteiger partial charge is 0.299 e. The van der Waals surface area contributed by atoms with E-state index in [0.29, 0.717) is 12.2 Å². The smallest absolute Gasteiger partial charge is 0.145 e. The van der Waals surface area contributed by atoms with Crippen LogP contribution >= 0.6 is 27.3 Å². The van der Waals surface area contributed by atoms with E-state index in [1.807, 2.05) is 23.6 Å². The zero-order chi connectivity index (χ0) is 11.8. The molecule has 1 aromatic heterocycles. The van der Waals surface area contributed by atoms with Crippen LogP contribution in [0.25, 0.3) is 0 Å².